The number of hydrogen-bond donors (Lipinski definition) is 0. The van der Waals surface area contributed by atoms with E-state index < -0.39 is 33.8 Å². The molecule has 0 aromatic rings. The lowest BCUT2D eigenvalue weighted by molar-refractivity contribution is -0.166. The molecule has 0 aromatic heterocycles. The molecule has 2 amide bonds. The van der Waals surface area contributed by atoms with Gasteiger partial charge in [-0.05, 0) is 61.7 Å². The van der Waals surface area contributed by atoms with Crippen molar-refractivity contribution >= 4 is 27.9 Å². The summed E-state index contributed by atoms with van der Waals surface area (Å²) in [6.45, 7) is 10.9. The first-order chi connectivity index (χ1) is 15.1. The molecule has 9 heteroatoms. The quantitative estimate of drug-likeness (QED) is 0.441. The number of esters is 1. The molecular formula is C24H39NO7S. The predicted octanol–water partition coefficient (Wildman–Crippen LogP) is 3.70. The van der Waals surface area contributed by atoms with E-state index in [-0.39, 0.29) is 22.7 Å². The summed E-state index contributed by atoms with van der Waals surface area (Å²) in [4.78, 5) is 36.2. The maximum absolute atomic E-state index is 12.1. The zero-order valence-corrected chi connectivity index (χ0v) is 21.8. The minimum absolute atomic E-state index is 0.0130. The second-order valence-corrected chi connectivity index (χ2v) is 12.8. The monoisotopic (exact) mass is 485 g/mol. The van der Waals surface area contributed by atoms with E-state index in [4.69, 9.17) is 4.74 Å². The molecule has 1 heterocycles. The molecule has 2 bridgehead atoms. The van der Waals surface area contributed by atoms with E-state index in [0.29, 0.717) is 22.8 Å². The number of carbonyl (C=O) groups excluding carboxylic acids is 3. The molecule has 1 saturated heterocycles. The van der Waals surface area contributed by atoms with Crippen molar-refractivity contribution in [3.63, 3.8) is 0 Å². The molecule has 0 spiro atoms. The molecule has 4 fully saturated rings. The van der Waals surface area contributed by atoms with Gasteiger partial charge in [0.05, 0.1) is 30.6 Å². The topological polar surface area (TPSA) is 107 Å². The summed E-state index contributed by atoms with van der Waals surface area (Å²) in [7, 11) is -2.34. The third kappa shape index (κ3) is 4.13. The average Bonchev–Trinajstić information content (AvgIpc) is 3.26. The van der Waals surface area contributed by atoms with Gasteiger partial charge in [-0.3, -0.25) is 14.4 Å². The first-order valence-corrected chi connectivity index (χ1v) is 13.8. The van der Waals surface area contributed by atoms with E-state index in [9.17, 15) is 22.8 Å². The highest BCUT2D eigenvalue weighted by molar-refractivity contribution is 7.85. The van der Waals surface area contributed by atoms with Crippen molar-refractivity contribution in [2.75, 3.05) is 13.4 Å². The van der Waals surface area contributed by atoms with E-state index in [1.807, 2.05) is 6.92 Å². The molecule has 4 aliphatic rings. The standard InChI is InChI=1S/C13H22O2.C11H17NO5S/c1-9-11(2)6-7-12(3,8-11)13(9,4)10(14)15-5;1-3-7-5-4-6-8-9(7)11(14)12(10(8)13)17-18(2,15)16/h9H,6-8H2,1-5H3;7-9H,3-6H2,1-2H3. The molecule has 0 aromatic carbocycles. The number of imide groups is 1. The van der Waals surface area contributed by atoms with Crippen LogP contribution in [0.4, 0.5) is 0 Å². The average molecular weight is 486 g/mol. The van der Waals surface area contributed by atoms with Crippen molar-refractivity contribution in [1.29, 1.82) is 0 Å². The number of fused-ring (bicyclic) bond motifs is 3. The first-order valence-electron chi connectivity index (χ1n) is 12.0. The number of rotatable bonds is 4. The van der Waals surface area contributed by atoms with Crippen LogP contribution in [0.15, 0.2) is 0 Å². The van der Waals surface area contributed by atoms with Crippen molar-refractivity contribution in [1.82, 2.24) is 5.06 Å². The van der Waals surface area contributed by atoms with Gasteiger partial charge in [0.2, 0.25) is 0 Å². The molecule has 4 rings (SSSR count). The molecular weight excluding hydrogens is 446 g/mol. The van der Waals surface area contributed by atoms with Crippen LogP contribution in [-0.4, -0.2) is 44.6 Å². The van der Waals surface area contributed by atoms with Crippen LogP contribution in [-0.2, 0) is 33.5 Å². The lowest BCUT2D eigenvalue weighted by Crippen LogP contribution is -2.47. The van der Waals surface area contributed by atoms with Crippen LogP contribution in [0.25, 0.3) is 0 Å². The lowest BCUT2D eigenvalue weighted by Gasteiger charge is -2.45. The Kier molecular flexibility index (Phi) is 6.83. The fraction of sp³-hybridized carbons (Fsp3) is 0.875. The zero-order chi connectivity index (χ0) is 25.0. The number of methoxy groups -OCH3 is 1. The second kappa shape index (κ2) is 8.63. The molecule has 7 unspecified atom stereocenters. The van der Waals surface area contributed by atoms with Crippen molar-refractivity contribution in [2.24, 2.45) is 39.9 Å². The Hall–Kier alpha value is -1.48. The van der Waals surface area contributed by atoms with Gasteiger partial charge in [0.1, 0.15) is 0 Å². The van der Waals surface area contributed by atoms with Crippen LogP contribution < -0.4 is 0 Å². The van der Waals surface area contributed by atoms with Gasteiger partial charge in [-0.15, -0.1) is 9.35 Å². The first kappa shape index (κ1) is 26.1. The number of hydroxylamine groups is 2. The van der Waals surface area contributed by atoms with Crippen LogP contribution in [0.1, 0.15) is 79.6 Å². The number of carbonyl (C=O) groups is 3. The molecule has 0 radical (unpaired) electrons. The van der Waals surface area contributed by atoms with Gasteiger partial charge in [-0.2, -0.15) is 8.42 Å². The summed E-state index contributed by atoms with van der Waals surface area (Å²) < 4.78 is 31.7. The lowest BCUT2D eigenvalue weighted by atomic mass is 9.58. The second-order valence-electron chi connectivity index (χ2n) is 11.3. The van der Waals surface area contributed by atoms with Gasteiger partial charge in [-0.25, -0.2) is 0 Å². The highest BCUT2D eigenvalue weighted by atomic mass is 32.2. The van der Waals surface area contributed by atoms with Crippen LogP contribution in [0, 0.1) is 39.9 Å². The van der Waals surface area contributed by atoms with Gasteiger partial charge in [0.25, 0.3) is 21.9 Å². The Morgan fingerprint density at radius 1 is 1.12 bits per heavy atom. The fourth-order valence-corrected chi connectivity index (χ4v) is 7.71. The predicted molar refractivity (Wildman–Crippen MR) is 122 cm³/mol. The number of ether oxygens (including phenoxy) is 1. The van der Waals surface area contributed by atoms with Crippen molar-refractivity contribution in [3.05, 3.63) is 0 Å². The highest BCUT2D eigenvalue weighted by Gasteiger charge is 2.69. The van der Waals surface area contributed by atoms with E-state index in [1.165, 1.54) is 26.4 Å². The minimum Gasteiger partial charge on any atom is -0.469 e. The molecule has 3 saturated carbocycles. The zero-order valence-electron chi connectivity index (χ0n) is 21.0. The molecule has 188 valence electrons. The van der Waals surface area contributed by atoms with E-state index >= 15 is 0 Å². The van der Waals surface area contributed by atoms with Crippen molar-refractivity contribution in [2.45, 2.75) is 79.6 Å². The van der Waals surface area contributed by atoms with Crippen LogP contribution in [0.5, 0.6) is 0 Å². The molecule has 3 aliphatic carbocycles. The van der Waals surface area contributed by atoms with Crippen LogP contribution in [0.3, 0.4) is 0 Å². The van der Waals surface area contributed by atoms with Gasteiger partial charge >= 0.3 is 5.97 Å². The highest BCUT2D eigenvalue weighted by Crippen LogP contribution is 2.72. The Morgan fingerprint density at radius 3 is 2.24 bits per heavy atom. The van der Waals surface area contributed by atoms with Gasteiger partial charge in [0.15, 0.2) is 0 Å². The normalized spacial score (nSPS) is 42.1. The Balaban J connectivity index is 0.000000189. The van der Waals surface area contributed by atoms with Crippen molar-refractivity contribution < 1.29 is 31.8 Å². The Labute approximate surface area is 197 Å². The number of hydrogen-bond acceptors (Lipinski definition) is 7. The Morgan fingerprint density at radius 2 is 1.76 bits per heavy atom. The van der Waals surface area contributed by atoms with Crippen LogP contribution >= 0.6 is 0 Å². The smallest absolute Gasteiger partial charge is 0.312 e. The SMILES string of the molecule is CCC1CCCC2C(=O)N(OS(C)(=O)=O)C(=O)C12.COC(=O)C1(C)C(C)C2(C)CCC1(C)C2. The summed E-state index contributed by atoms with van der Waals surface area (Å²) in [6, 6.07) is 0. The third-order valence-electron chi connectivity index (χ3n) is 9.58. The third-order valence-corrected chi connectivity index (χ3v) is 10.0. The summed E-state index contributed by atoms with van der Waals surface area (Å²) in [5.74, 6) is -1.25. The molecule has 1 aliphatic heterocycles. The van der Waals surface area contributed by atoms with Gasteiger partial charge in [0, 0.05) is 0 Å². The van der Waals surface area contributed by atoms with Gasteiger partial charge < -0.3 is 4.74 Å². The summed E-state index contributed by atoms with van der Waals surface area (Å²) in [5, 5.41) is 0.457. The number of amides is 2. The van der Waals surface area contributed by atoms with Gasteiger partial charge in [-0.1, -0.05) is 40.5 Å². The van der Waals surface area contributed by atoms with E-state index in [1.54, 1.807) is 0 Å². The molecule has 33 heavy (non-hydrogen) atoms. The van der Waals surface area contributed by atoms with Crippen LogP contribution in [0.2, 0.25) is 0 Å². The number of nitrogens with zero attached hydrogens (tertiary/aromatic N) is 1. The van der Waals surface area contributed by atoms with E-state index in [2.05, 4.69) is 32.0 Å². The maximum atomic E-state index is 12.1. The molecule has 8 nitrogen and oxygen atoms in total. The molecule has 0 N–H and O–H groups in total. The van der Waals surface area contributed by atoms with E-state index in [0.717, 1.165) is 25.5 Å². The summed E-state index contributed by atoms with van der Waals surface area (Å²) in [6.07, 6.45) is 7.67. The Bertz CT molecular complexity index is 933. The maximum Gasteiger partial charge on any atom is 0.312 e. The summed E-state index contributed by atoms with van der Waals surface area (Å²) in [5.41, 5.74) is 0.209. The summed E-state index contributed by atoms with van der Waals surface area (Å²) >= 11 is 0. The molecule has 7 atom stereocenters. The van der Waals surface area contributed by atoms with Crippen molar-refractivity contribution in [3.8, 4) is 0 Å². The minimum atomic E-state index is -3.86. The fourth-order valence-electron chi connectivity index (χ4n) is 7.30. The largest absolute Gasteiger partial charge is 0.469 e.